The minimum Gasteiger partial charge on any atom is -0.496 e. The number of urea groups is 1. The largest absolute Gasteiger partial charge is 0.496 e. The van der Waals surface area contributed by atoms with Crippen LogP contribution in [0, 0.1) is 0 Å². The van der Waals surface area contributed by atoms with Crippen LogP contribution in [0.15, 0.2) is 42.5 Å². The molecule has 10 heteroatoms. The van der Waals surface area contributed by atoms with Crippen LogP contribution in [-0.2, 0) is 0 Å². The van der Waals surface area contributed by atoms with Gasteiger partial charge in [0, 0.05) is 30.5 Å². The number of ether oxygens (including phenoxy) is 2. The van der Waals surface area contributed by atoms with E-state index < -0.39 is 12.6 Å². The molecule has 0 saturated carbocycles. The van der Waals surface area contributed by atoms with Crippen LogP contribution in [0.3, 0.4) is 0 Å². The Morgan fingerprint density at radius 2 is 1.66 bits per heavy atom. The van der Waals surface area contributed by atoms with Crippen molar-refractivity contribution >= 4 is 23.3 Å². The molecule has 0 spiro atoms. The topological polar surface area (TPSA) is 101 Å². The van der Waals surface area contributed by atoms with Gasteiger partial charge >= 0.3 is 12.6 Å². The van der Waals surface area contributed by atoms with Gasteiger partial charge in [0.25, 0.3) is 5.91 Å². The molecule has 0 aromatic heterocycles. The summed E-state index contributed by atoms with van der Waals surface area (Å²) >= 11 is 0. The van der Waals surface area contributed by atoms with Crippen molar-refractivity contribution in [2.75, 3.05) is 37.9 Å². The van der Waals surface area contributed by atoms with Crippen LogP contribution in [-0.4, -0.2) is 45.8 Å². The van der Waals surface area contributed by atoms with Gasteiger partial charge in [-0.05, 0) is 43.4 Å². The third-order valence-electron chi connectivity index (χ3n) is 3.70. The quantitative estimate of drug-likeness (QED) is 0.478. The third-order valence-corrected chi connectivity index (χ3v) is 3.70. The van der Waals surface area contributed by atoms with Crippen molar-refractivity contribution in [3.05, 3.63) is 48.0 Å². The highest BCUT2D eigenvalue weighted by Gasteiger charge is 2.13. The lowest BCUT2D eigenvalue weighted by Crippen LogP contribution is -2.30. The van der Waals surface area contributed by atoms with E-state index in [4.69, 9.17) is 4.74 Å². The summed E-state index contributed by atoms with van der Waals surface area (Å²) in [5, 5.41) is 10.8. The van der Waals surface area contributed by atoms with E-state index >= 15 is 0 Å². The monoisotopic (exact) mass is 408 g/mol. The zero-order valence-corrected chi connectivity index (χ0v) is 15.9. The van der Waals surface area contributed by atoms with E-state index in [1.54, 1.807) is 19.2 Å². The van der Waals surface area contributed by atoms with Crippen molar-refractivity contribution in [3.8, 4) is 11.5 Å². The standard InChI is InChI=1S/C19H22F2N4O4/c1-22-9-10-23-17(26)15-8-5-13(11-16(15)28-2)25-19(27)24-12-3-6-14(7-4-12)29-18(20)21/h3-8,11,18,22H,9-10H2,1-2H3,(H,23,26)(H2,24,25,27). The lowest BCUT2D eigenvalue weighted by atomic mass is 10.1. The highest BCUT2D eigenvalue weighted by atomic mass is 19.3. The van der Waals surface area contributed by atoms with Crippen molar-refractivity contribution in [1.29, 1.82) is 0 Å². The molecule has 0 aliphatic heterocycles. The molecule has 0 aliphatic rings. The predicted octanol–water partition coefficient (Wildman–Crippen LogP) is 2.89. The molecule has 2 aromatic carbocycles. The molecule has 3 amide bonds. The molecular formula is C19H22F2N4O4. The number of nitrogens with one attached hydrogen (secondary N) is 4. The number of benzene rings is 2. The molecule has 0 aliphatic carbocycles. The maximum absolute atomic E-state index is 12.2. The fourth-order valence-electron chi connectivity index (χ4n) is 2.37. The van der Waals surface area contributed by atoms with E-state index in [1.807, 2.05) is 0 Å². The fraction of sp³-hybridized carbons (Fsp3) is 0.263. The van der Waals surface area contributed by atoms with Gasteiger partial charge in [0.15, 0.2) is 0 Å². The molecule has 8 nitrogen and oxygen atoms in total. The fourth-order valence-corrected chi connectivity index (χ4v) is 2.37. The maximum atomic E-state index is 12.2. The number of rotatable bonds is 9. The van der Waals surface area contributed by atoms with Gasteiger partial charge in [-0.2, -0.15) is 8.78 Å². The maximum Gasteiger partial charge on any atom is 0.387 e. The van der Waals surface area contributed by atoms with E-state index in [0.29, 0.717) is 35.8 Å². The first-order valence-electron chi connectivity index (χ1n) is 8.66. The summed E-state index contributed by atoms with van der Waals surface area (Å²) in [5.74, 6) is -0.00301. The normalized spacial score (nSPS) is 10.4. The number of hydrogen-bond acceptors (Lipinski definition) is 5. The Morgan fingerprint density at radius 3 is 2.28 bits per heavy atom. The van der Waals surface area contributed by atoms with Crippen LogP contribution < -0.4 is 30.7 Å². The number of carbonyl (C=O) groups is 2. The number of likely N-dealkylation sites (N-methyl/N-ethyl adjacent to an activating group) is 1. The Morgan fingerprint density at radius 1 is 1.00 bits per heavy atom. The Bertz CT molecular complexity index is 831. The summed E-state index contributed by atoms with van der Waals surface area (Å²) < 4.78 is 33.8. The van der Waals surface area contributed by atoms with E-state index in [1.165, 1.54) is 37.4 Å². The Labute approximate surface area is 166 Å². The molecule has 0 saturated heterocycles. The Hall–Kier alpha value is -3.40. The number of anilines is 2. The lowest BCUT2D eigenvalue weighted by Gasteiger charge is -2.12. The Balaban J connectivity index is 1.98. The third kappa shape index (κ3) is 6.92. The van der Waals surface area contributed by atoms with E-state index in [0.717, 1.165) is 0 Å². The second-order valence-corrected chi connectivity index (χ2v) is 5.76. The first-order valence-corrected chi connectivity index (χ1v) is 8.66. The molecule has 0 atom stereocenters. The molecule has 0 bridgehead atoms. The molecular weight excluding hydrogens is 386 g/mol. The van der Waals surface area contributed by atoms with E-state index in [9.17, 15) is 18.4 Å². The molecule has 0 heterocycles. The predicted molar refractivity (Wildman–Crippen MR) is 105 cm³/mol. The zero-order chi connectivity index (χ0) is 21.2. The van der Waals surface area contributed by atoms with Gasteiger partial charge in [0.1, 0.15) is 11.5 Å². The number of alkyl halides is 2. The van der Waals surface area contributed by atoms with Crippen molar-refractivity contribution in [2.24, 2.45) is 0 Å². The highest BCUT2D eigenvalue weighted by molar-refractivity contribution is 6.01. The minimum absolute atomic E-state index is 0.0146. The molecule has 0 unspecified atom stereocenters. The van der Waals surface area contributed by atoms with Crippen LogP contribution in [0.5, 0.6) is 11.5 Å². The molecule has 2 aromatic rings. The van der Waals surface area contributed by atoms with Gasteiger partial charge < -0.3 is 30.7 Å². The lowest BCUT2D eigenvalue weighted by molar-refractivity contribution is -0.0498. The number of amides is 3. The summed E-state index contributed by atoms with van der Waals surface area (Å²) in [6.45, 7) is -1.83. The van der Waals surface area contributed by atoms with Crippen LogP contribution in [0.25, 0.3) is 0 Å². The summed E-state index contributed by atoms with van der Waals surface area (Å²) in [4.78, 5) is 24.3. The smallest absolute Gasteiger partial charge is 0.387 e. The Kier molecular flexibility index (Phi) is 8.16. The first-order chi connectivity index (χ1) is 13.9. The van der Waals surface area contributed by atoms with Gasteiger partial charge in [0.05, 0.1) is 12.7 Å². The van der Waals surface area contributed by atoms with Crippen molar-refractivity contribution < 1.29 is 27.8 Å². The molecule has 2 rings (SSSR count). The van der Waals surface area contributed by atoms with Crippen LogP contribution in [0.4, 0.5) is 25.0 Å². The molecule has 0 radical (unpaired) electrons. The number of carbonyl (C=O) groups excluding carboxylic acids is 2. The number of halogens is 2. The summed E-state index contributed by atoms with van der Waals surface area (Å²) in [6.07, 6.45) is 0. The van der Waals surface area contributed by atoms with Crippen molar-refractivity contribution in [3.63, 3.8) is 0 Å². The molecule has 156 valence electrons. The summed E-state index contributed by atoms with van der Waals surface area (Å²) in [5.41, 5.74) is 1.13. The first kappa shape index (κ1) is 21.9. The van der Waals surface area contributed by atoms with Gasteiger partial charge in [-0.3, -0.25) is 4.79 Å². The molecule has 29 heavy (non-hydrogen) atoms. The zero-order valence-electron chi connectivity index (χ0n) is 15.9. The van der Waals surface area contributed by atoms with Gasteiger partial charge in [-0.25, -0.2) is 4.79 Å². The second kappa shape index (κ2) is 10.8. The van der Waals surface area contributed by atoms with E-state index in [2.05, 4.69) is 26.0 Å². The average Bonchev–Trinajstić information content (AvgIpc) is 2.69. The molecule has 0 fully saturated rings. The number of methoxy groups -OCH3 is 1. The SMILES string of the molecule is CNCCNC(=O)c1ccc(NC(=O)Nc2ccc(OC(F)F)cc2)cc1OC. The van der Waals surface area contributed by atoms with Crippen LogP contribution in [0.2, 0.25) is 0 Å². The van der Waals surface area contributed by atoms with Crippen molar-refractivity contribution in [2.45, 2.75) is 6.61 Å². The minimum atomic E-state index is -2.92. The van der Waals surface area contributed by atoms with Gasteiger partial charge in [0.2, 0.25) is 0 Å². The van der Waals surface area contributed by atoms with Gasteiger partial charge in [-0.15, -0.1) is 0 Å². The van der Waals surface area contributed by atoms with Gasteiger partial charge in [-0.1, -0.05) is 0 Å². The van der Waals surface area contributed by atoms with Crippen LogP contribution in [0.1, 0.15) is 10.4 Å². The average molecular weight is 408 g/mol. The van der Waals surface area contributed by atoms with Crippen LogP contribution >= 0.6 is 0 Å². The van der Waals surface area contributed by atoms with Crippen molar-refractivity contribution in [1.82, 2.24) is 10.6 Å². The number of hydrogen-bond donors (Lipinski definition) is 4. The second-order valence-electron chi connectivity index (χ2n) is 5.76. The molecule has 4 N–H and O–H groups in total. The summed E-state index contributed by atoms with van der Waals surface area (Å²) in [6, 6.07) is 9.55. The summed E-state index contributed by atoms with van der Waals surface area (Å²) in [7, 11) is 3.20. The highest BCUT2D eigenvalue weighted by Crippen LogP contribution is 2.24. The van der Waals surface area contributed by atoms with E-state index in [-0.39, 0.29) is 11.7 Å².